The summed E-state index contributed by atoms with van der Waals surface area (Å²) in [7, 11) is 0. The number of nitrogens with zero attached hydrogens (tertiary/aromatic N) is 1. The highest BCUT2D eigenvalue weighted by atomic mass is 35.5. The fourth-order valence-corrected chi connectivity index (χ4v) is 3.61. The van der Waals surface area contributed by atoms with Gasteiger partial charge in [-0.3, -0.25) is 4.79 Å². The first-order chi connectivity index (χ1) is 12.9. The van der Waals surface area contributed by atoms with Gasteiger partial charge in [0.2, 0.25) is 5.78 Å². The predicted molar refractivity (Wildman–Crippen MR) is 110 cm³/mol. The third kappa shape index (κ3) is 4.55. The number of aryl methyl sites for hydroxylation is 1. The monoisotopic (exact) mass is 440 g/mol. The van der Waals surface area contributed by atoms with E-state index < -0.39 is 11.6 Å². The maximum Gasteiger partial charge on any atom is 0.217 e. The fourth-order valence-electron chi connectivity index (χ4n) is 2.33. The van der Waals surface area contributed by atoms with Crippen molar-refractivity contribution >= 4 is 58.2 Å². The van der Waals surface area contributed by atoms with E-state index in [1.165, 1.54) is 36.3 Å². The number of carbonyl (C=O) groups is 1. The molecule has 1 heterocycles. The quantitative estimate of drug-likeness (QED) is 0.348. The van der Waals surface area contributed by atoms with Gasteiger partial charge in [0, 0.05) is 16.1 Å². The molecule has 3 rings (SSSR count). The van der Waals surface area contributed by atoms with Crippen molar-refractivity contribution < 1.29 is 9.18 Å². The molecule has 0 saturated heterocycles. The highest BCUT2D eigenvalue weighted by Crippen LogP contribution is 2.30. The van der Waals surface area contributed by atoms with Gasteiger partial charge in [-0.05, 0) is 60.8 Å². The molecule has 3 aromatic rings. The van der Waals surface area contributed by atoms with Crippen LogP contribution < -0.4 is 4.72 Å². The van der Waals surface area contributed by atoms with Crippen molar-refractivity contribution in [3.63, 3.8) is 0 Å². The van der Waals surface area contributed by atoms with E-state index >= 15 is 0 Å². The van der Waals surface area contributed by atoms with Crippen LogP contribution in [0.2, 0.25) is 15.1 Å². The van der Waals surface area contributed by atoms with E-state index in [-0.39, 0.29) is 16.3 Å². The van der Waals surface area contributed by atoms with Crippen molar-refractivity contribution in [3.05, 3.63) is 86.4 Å². The van der Waals surface area contributed by atoms with Crippen LogP contribution in [0.3, 0.4) is 0 Å². The molecule has 1 aromatic heterocycles. The van der Waals surface area contributed by atoms with Gasteiger partial charge in [0.1, 0.15) is 11.5 Å². The molecule has 0 bridgehead atoms. The highest BCUT2D eigenvalue weighted by molar-refractivity contribution is 8.00. The van der Waals surface area contributed by atoms with Crippen molar-refractivity contribution in [1.82, 2.24) is 4.98 Å². The number of hydrogen-bond donors (Lipinski definition) is 1. The summed E-state index contributed by atoms with van der Waals surface area (Å²) in [5.74, 6) is -1.35. The summed E-state index contributed by atoms with van der Waals surface area (Å²) in [6.07, 6.45) is 1.33. The van der Waals surface area contributed by atoms with Crippen LogP contribution in [0, 0.1) is 12.7 Å². The normalized spacial score (nSPS) is 10.7. The number of carbonyl (C=O) groups excluding carboxylic acids is 1. The van der Waals surface area contributed by atoms with Crippen LogP contribution >= 0.6 is 46.8 Å². The molecule has 27 heavy (non-hydrogen) atoms. The topological polar surface area (TPSA) is 42.0 Å². The minimum Gasteiger partial charge on any atom is -0.324 e. The van der Waals surface area contributed by atoms with Crippen molar-refractivity contribution in [2.45, 2.75) is 11.8 Å². The number of anilines is 1. The minimum absolute atomic E-state index is 0.0173. The highest BCUT2D eigenvalue weighted by Gasteiger charge is 2.22. The number of ketones is 1. The Bertz CT molecular complexity index is 1010. The number of rotatable bonds is 5. The van der Waals surface area contributed by atoms with Gasteiger partial charge in [-0.1, -0.05) is 40.9 Å². The Morgan fingerprint density at radius 1 is 1.11 bits per heavy atom. The van der Waals surface area contributed by atoms with Gasteiger partial charge in [-0.15, -0.1) is 0 Å². The lowest BCUT2D eigenvalue weighted by Crippen LogP contribution is -2.10. The van der Waals surface area contributed by atoms with Crippen LogP contribution in [0.5, 0.6) is 0 Å². The molecule has 138 valence electrons. The number of aromatic nitrogens is 1. The minimum atomic E-state index is -0.712. The molecular weight excluding hydrogens is 430 g/mol. The van der Waals surface area contributed by atoms with Gasteiger partial charge in [0.05, 0.1) is 21.3 Å². The molecule has 0 fully saturated rings. The summed E-state index contributed by atoms with van der Waals surface area (Å²) >= 11 is 19.3. The van der Waals surface area contributed by atoms with E-state index in [9.17, 15) is 9.18 Å². The molecule has 0 amide bonds. The third-order valence-corrected chi connectivity index (χ3v) is 5.42. The smallest absolute Gasteiger partial charge is 0.217 e. The van der Waals surface area contributed by atoms with Gasteiger partial charge >= 0.3 is 0 Å². The lowest BCUT2D eigenvalue weighted by Gasteiger charge is -2.12. The molecule has 0 unspecified atom stereocenters. The Morgan fingerprint density at radius 2 is 1.89 bits per heavy atom. The molecule has 0 aliphatic rings. The first-order valence-corrected chi connectivity index (χ1v) is 9.65. The molecule has 0 spiro atoms. The summed E-state index contributed by atoms with van der Waals surface area (Å²) in [4.78, 5) is 17.8. The van der Waals surface area contributed by atoms with Crippen molar-refractivity contribution in [2.24, 2.45) is 0 Å². The second-order valence-electron chi connectivity index (χ2n) is 5.59. The lowest BCUT2D eigenvalue weighted by atomic mass is 10.1. The number of halogens is 4. The number of nitrogens with one attached hydrogen (secondary N) is 1. The van der Waals surface area contributed by atoms with Crippen LogP contribution in [0.4, 0.5) is 10.1 Å². The van der Waals surface area contributed by atoms with Gasteiger partial charge in [-0.2, -0.15) is 0 Å². The standard InChI is InChI=1S/C19H12Cl3FN2OS/c1-10-7-12(5-6-13(10)21)27-25-16-8-11(20)9-24-18(16)19(26)17-14(22)3-2-4-15(17)23/h2-9,25H,1H3. The molecule has 2 aromatic carbocycles. The second-order valence-corrected chi connectivity index (χ2v) is 7.72. The first-order valence-electron chi connectivity index (χ1n) is 7.70. The van der Waals surface area contributed by atoms with Crippen molar-refractivity contribution in [3.8, 4) is 0 Å². The molecule has 0 radical (unpaired) electrons. The summed E-state index contributed by atoms with van der Waals surface area (Å²) in [5.41, 5.74) is 1.06. The van der Waals surface area contributed by atoms with Crippen LogP contribution in [-0.2, 0) is 0 Å². The van der Waals surface area contributed by atoms with E-state index in [1.807, 2.05) is 19.1 Å². The Balaban J connectivity index is 1.93. The summed E-state index contributed by atoms with van der Waals surface area (Å²) in [5, 5.41) is 1.01. The Morgan fingerprint density at radius 3 is 2.59 bits per heavy atom. The predicted octanol–water partition coefficient (Wildman–Crippen LogP) is 6.84. The van der Waals surface area contributed by atoms with E-state index in [2.05, 4.69) is 9.71 Å². The molecule has 0 saturated carbocycles. The van der Waals surface area contributed by atoms with Crippen LogP contribution in [-0.4, -0.2) is 10.8 Å². The molecule has 1 N–H and O–H groups in total. The van der Waals surface area contributed by atoms with Crippen LogP contribution in [0.1, 0.15) is 21.6 Å². The number of benzene rings is 2. The summed E-state index contributed by atoms with van der Waals surface area (Å²) < 4.78 is 17.2. The Labute approximate surface area is 175 Å². The zero-order valence-electron chi connectivity index (χ0n) is 13.9. The van der Waals surface area contributed by atoms with Crippen molar-refractivity contribution in [1.29, 1.82) is 0 Å². The first kappa shape index (κ1) is 20.0. The maximum atomic E-state index is 14.1. The van der Waals surface area contributed by atoms with Crippen LogP contribution in [0.25, 0.3) is 0 Å². The maximum absolute atomic E-state index is 14.1. The SMILES string of the molecule is Cc1cc(SNc2cc(Cl)cnc2C(=O)c2c(F)cccc2Cl)ccc1Cl. The van der Waals surface area contributed by atoms with Gasteiger partial charge in [0.25, 0.3) is 0 Å². The second kappa shape index (κ2) is 8.48. The van der Waals surface area contributed by atoms with E-state index in [0.29, 0.717) is 15.7 Å². The van der Waals surface area contributed by atoms with Gasteiger partial charge in [-0.25, -0.2) is 9.37 Å². The summed E-state index contributed by atoms with van der Waals surface area (Å²) in [6, 6.07) is 11.1. The molecule has 8 heteroatoms. The fraction of sp³-hybridized carbons (Fsp3) is 0.0526. The van der Waals surface area contributed by atoms with E-state index in [4.69, 9.17) is 34.8 Å². The average molecular weight is 442 g/mol. The molecule has 0 aliphatic heterocycles. The zero-order chi connectivity index (χ0) is 19.6. The zero-order valence-corrected chi connectivity index (χ0v) is 17.0. The average Bonchev–Trinajstić information content (AvgIpc) is 2.62. The number of hydrogen-bond acceptors (Lipinski definition) is 4. The van der Waals surface area contributed by atoms with Crippen molar-refractivity contribution in [2.75, 3.05) is 4.72 Å². The van der Waals surface area contributed by atoms with Gasteiger partial charge in [0.15, 0.2) is 0 Å². The molecule has 3 nitrogen and oxygen atoms in total. The number of pyridine rings is 1. The van der Waals surface area contributed by atoms with E-state index in [1.54, 1.807) is 12.1 Å². The Kier molecular flexibility index (Phi) is 6.27. The molecule has 0 atom stereocenters. The largest absolute Gasteiger partial charge is 0.324 e. The molecular formula is C19H12Cl3FN2OS. The molecule has 0 aliphatic carbocycles. The van der Waals surface area contributed by atoms with Gasteiger partial charge < -0.3 is 4.72 Å². The third-order valence-electron chi connectivity index (χ3n) is 3.67. The van der Waals surface area contributed by atoms with Crippen LogP contribution in [0.15, 0.2) is 53.6 Å². The van der Waals surface area contributed by atoms with E-state index in [0.717, 1.165) is 10.5 Å². The lowest BCUT2D eigenvalue weighted by molar-refractivity contribution is 0.103. The Hall–Kier alpha value is -1.79. The summed E-state index contributed by atoms with van der Waals surface area (Å²) in [6.45, 7) is 1.89.